The zero-order valence-electron chi connectivity index (χ0n) is 10.1. The number of fused-ring (bicyclic) bond motifs is 1. The van der Waals surface area contributed by atoms with Crippen molar-refractivity contribution in [1.82, 2.24) is 4.57 Å². The Balaban J connectivity index is 2.08. The number of aromatic nitrogens is 1. The van der Waals surface area contributed by atoms with Crippen molar-refractivity contribution in [3.05, 3.63) is 65.9 Å². The van der Waals surface area contributed by atoms with E-state index in [9.17, 15) is 8.78 Å². The Labute approximate surface area is 109 Å². The lowest BCUT2D eigenvalue weighted by Gasteiger charge is -2.09. The zero-order chi connectivity index (χ0) is 13.4. The third-order valence-electron chi connectivity index (χ3n) is 3.22. The maximum Gasteiger partial charge on any atom is 0.130 e. The molecule has 0 unspecified atom stereocenters. The molecule has 2 nitrogen and oxygen atoms in total. The van der Waals surface area contributed by atoms with Crippen LogP contribution in [0.2, 0.25) is 0 Å². The molecule has 3 aromatic rings. The van der Waals surface area contributed by atoms with E-state index in [4.69, 9.17) is 5.73 Å². The van der Waals surface area contributed by atoms with E-state index in [0.29, 0.717) is 11.3 Å². The van der Waals surface area contributed by atoms with Crippen molar-refractivity contribution in [3.8, 4) is 0 Å². The zero-order valence-corrected chi connectivity index (χ0v) is 10.1. The molecule has 19 heavy (non-hydrogen) atoms. The Morgan fingerprint density at radius 2 is 1.89 bits per heavy atom. The fraction of sp³-hybridized carbons (Fsp3) is 0.0667. The van der Waals surface area contributed by atoms with Gasteiger partial charge in [0, 0.05) is 17.4 Å². The van der Waals surface area contributed by atoms with E-state index < -0.39 is 0 Å². The van der Waals surface area contributed by atoms with Crippen LogP contribution in [0.3, 0.4) is 0 Å². The molecule has 0 saturated carbocycles. The van der Waals surface area contributed by atoms with Gasteiger partial charge in [-0.3, -0.25) is 0 Å². The van der Waals surface area contributed by atoms with Crippen molar-refractivity contribution in [3.63, 3.8) is 0 Å². The van der Waals surface area contributed by atoms with Crippen LogP contribution in [0.4, 0.5) is 14.5 Å². The van der Waals surface area contributed by atoms with Crippen LogP contribution in [0.25, 0.3) is 10.9 Å². The van der Waals surface area contributed by atoms with E-state index in [1.54, 1.807) is 29.0 Å². The highest BCUT2D eigenvalue weighted by Crippen LogP contribution is 2.22. The molecule has 3 rings (SSSR count). The molecule has 1 heterocycles. The number of hydrogen-bond acceptors (Lipinski definition) is 1. The molecule has 0 aliphatic rings. The molecule has 0 aliphatic carbocycles. The van der Waals surface area contributed by atoms with Gasteiger partial charge in [-0.1, -0.05) is 6.07 Å². The number of nitrogens with two attached hydrogens (primary N) is 1. The van der Waals surface area contributed by atoms with Crippen LogP contribution in [0.15, 0.2) is 48.7 Å². The Hall–Kier alpha value is -2.36. The van der Waals surface area contributed by atoms with Gasteiger partial charge in [0.05, 0.1) is 12.1 Å². The second kappa shape index (κ2) is 4.39. The molecule has 4 heteroatoms. The predicted octanol–water partition coefficient (Wildman–Crippen LogP) is 3.55. The molecule has 0 radical (unpaired) electrons. The number of nitrogens with zero attached hydrogens (tertiary/aromatic N) is 1. The summed E-state index contributed by atoms with van der Waals surface area (Å²) in [5.41, 5.74) is 7.33. The topological polar surface area (TPSA) is 30.9 Å². The van der Waals surface area contributed by atoms with Crippen LogP contribution in [-0.2, 0) is 6.54 Å². The summed E-state index contributed by atoms with van der Waals surface area (Å²) in [6, 6.07) is 11.0. The maximum absolute atomic E-state index is 13.8. The summed E-state index contributed by atoms with van der Waals surface area (Å²) < 4.78 is 28.8. The average Bonchev–Trinajstić information content (AvgIpc) is 2.76. The first-order valence-corrected chi connectivity index (χ1v) is 5.92. The SMILES string of the molecule is Nc1cccc(F)c1Cn1ccc2ccc(F)cc21. The molecule has 0 aliphatic heterocycles. The average molecular weight is 258 g/mol. The Morgan fingerprint density at radius 3 is 2.68 bits per heavy atom. The third-order valence-corrected chi connectivity index (χ3v) is 3.22. The van der Waals surface area contributed by atoms with E-state index in [0.717, 1.165) is 10.9 Å². The van der Waals surface area contributed by atoms with Gasteiger partial charge >= 0.3 is 0 Å². The van der Waals surface area contributed by atoms with Gasteiger partial charge in [-0.2, -0.15) is 0 Å². The Morgan fingerprint density at radius 1 is 1.05 bits per heavy atom. The number of benzene rings is 2. The Kier molecular flexibility index (Phi) is 2.71. The van der Waals surface area contributed by atoms with Gasteiger partial charge in [-0.25, -0.2) is 8.78 Å². The maximum atomic E-state index is 13.8. The predicted molar refractivity (Wildman–Crippen MR) is 71.8 cm³/mol. The van der Waals surface area contributed by atoms with Crippen molar-refractivity contribution < 1.29 is 8.78 Å². The lowest BCUT2D eigenvalue weighted by Crippen LogP contribution is -2.04. The summed E-state index contributed by atoms with van der Waals surface area (Å²) in [6.45, 7) is 0.283. The van der Waals surface area contributed by atoms with Crippen LogP contribution in [0.5, 0.6) is 0 Å². The van der Waals surface area contributed by atoms with Crippen molar-refractivity contribution in [1.29, 1.82) is 0 Å². The van der Waals surface area contributed by atoms with Crippen LogP contribution in [0.1, 0.15) is 5.56 Å². The van der Waals surface area contributed by atoms with Gasteiger partial charge in [-0.05, 0) is 41.8 Å². The second-order valence-corrected chi connectivity index (χ2v) is 4.45. The van der Waals surface area contributed by atoms with E-state index in [-0.39, 0.29) is 18.2 Å². The lowest BCUT2D eigenvalue weighted by molar-refractivity contribution is 0.603. The largest absolute Gasteiger partial charge is 0.398 e. The standard InChI is InChI=1S/C15H12F2N2/c16-11-5-4-10-6-7-19(15(10)8-11)9-12-13(17)2-1-3-14(12)18/h1-8H,9,18H2. The summed E-state index contributed by atoms with van der Waals surface area (Å²) in [5.74, 6) is -0.660. The van der Waals surface area contributed by atoms with Crippen molar-refractivity contribution in [2.24, 2.45) is 0 Å². The van der Waals surface area contributed by atoms with Crippen LogP contribution in [0, 0.1) is 11.6 Å². The van der Waals surface area contributed by atoms with E-state index >= 15 is 0 Å². The monoisotopic (exact) mass is 258 g/mol. The highest BCUT2D eigenvalue weighted by atomic mass is 19.1. The summed E-state index contributed by atoms with van der Waals surface area (Å²) in [6.07, 6.45) is 1.80. The molecular weight excluding hydrogens is 246 g/mol. The molecule has 0 fully saturated rings. The number of hydrogen-bond donors (Lipinski definition) is 1. The van der Waals surface area contributed by atoms with E-state index in [1.165, 1.54) is 18.2 Å². The third kappa shape index (κ3) is 2.05. The van der Waals surface area contributed by atoms with Gasteiger partial charge in [0.1, 0.15) is 11.6 Å². The Bertz CT molecular complexity index is 727. The molecule has 2 aromatic carbocycles. The van der Waals surface area contributed by atoms with E-state index in [1.807, 2.05) is 6.07 Å². The highest BCUT2D eigenvalue weighted by molar-refractivity contribution is 5.80. The van der Waals surface area contributed by atoms with Gasteiger partial charge in [0.2, 0.25) is 0 Å². The first-order valence-electron chi connectivity index (χ1n) is 5.92. The summed E-state index contributed by atoms with van der Waals surface area (Å²) >= 11 is 0. The highest BCUT2D eigenvalue weighted by Gasteiger charge is 2.09. The molecular formula is C15H12F2N2. The molecule has 0 saturated heterocycles. The molecule has 1 aromatic heterocycles. The summed E-state index contributed by atoms with van der Waals surface area (Å²) in [5, 5.41) is 0.913. The van der Waals surface area contributed by atoms with Crippen LogP contribution >= 0.6 is 0 Å². The first-order chi connectivity index (χ1) is 9.15. The quantitative estimate of drug-likeness (QED) is 0.700. The minimum atomic E-state index is -0.349. The molecule has 0 spiro atoms. The smallest absolute Gasteiger partial charge is 0.130 e. The van der Waals surface area contributed by atoms with E-state index in [2.05, 4.69) is 0 Å². The first kappa shape index (κ1) is 11.7. The molecule has 2 N–H and O–H groups in total. The van der Waals surface area contributed by atoms with Gasteiger partial charge in [0.25, 0.3) is 0 Å². The molecule has 0 amide bonds. The normalized spacial score (nSPS) is 11.1. The minimum absolute atomic E-state index is 0.283. The molecule has 0 bridgehead atoms. The summed E-state index contributed by atoms with van der Waals surface area (Å²) in [7, 11) is 0. The minimum Gasteiger partial charge on any atom is -0.398 e. The number of rotatable bonds is 2. The van der Waals surface area contributed by atoms with Gasteiger partial charge < -0.3 is 10.3 Å². The van der Waals surface area contributed by atoms with Crippen LogP contribution < -0.4 is 5.73 Å². The van der Waals surface area contributed by atoms with Crippen molar-refractivity contribution in [2.45, 2.75) is 6.54 Å². The van der Waals surface area contributed by atoms with Crippen molar-refractivity contribution in [2.75, 3.05) is 5.73 Å². The molecule has 96 valence electrons. The number of halogens is 2. The summed E-state index contributed by atoms with van der Waals surface area (Å²) in [4.78, 5) is 0. The van der Waals surface area contributed by atoms with Gasteiger partial charge in [0.15, 0.2) is 0 Å². The second-order valence-electron chi connectivity index (χ2n) is 4.45. The molecule has 0 atom stereocenters. The van der Waals surface area contributed by atoms with Gasteiger partial charge in [-0.15, -0.1) is 0 Å². The van der Waals surface area contributed by atoms with Crippen molar-refractivity contribution >= 4 is 16.6 Å². The number of anilines is 1. The lowest BCUT2D eigenvalue weighted by atomic mass is 10.1. The fourth-order valence-corrected chi connectivity index (χ4v) is 2.21. The fourth-order valence-electron chi connectivity index (χ4n) is 2.21. The van der Waals surface area contributed by atoms with Crippen LogP contribution in [-0.4, -0.2) is 4.57 Å². The number of nitrogen functional groups attached to an aromatic ring is 1.